The van der Waals surface area contributed by atoms with Crippen molar-refractivity contribution in [1.82, 2.24) is 4.98 Å². The van der Waals surface area contributed by atoms with Crippen molar-refractivity contribution in [2.45, 2.75) is 0 Å². The zero-order valence-electron chi connectivity index (χ0n) is 6.57. The molecule has 0 saturated heterocycles. The SMILES string of the molecule is Br.Oc1ccc(F)c2cnccc12. The van der Waals surface area contributed by atoms with Crippen LogP contribution < -0.4 is 0 Å². The van der Waals surface area contributed by atoms with Gasteiger partial charge in [0.05, 0.1) is 0 Å². The summed E-state index contributed by atoms with van der Waals surface area (Å²) in [6, 6.07) is 4.13. The summed E-state index contributed by atoms with van der Waals surface area (Å²) in [7, 11) is 0. The summed E-state index contributed by atoms with van der Waals surface area (Å²) in [5, 5.41) is 10.1. The number of hydrogen-bond acceptors (Lipinski definition) is 2. The molecule has 0 atom stereocenters. The molecule has 0 fully saturated rings. The van der Waals surface area contributed by atoms with E-state index >= 15 is 0 Å². The predicted octanol–water partition coefficient (Wildman–Crippen LogP) is 2.66. The largest absolute Gasteiger partial charge is 0.507 e. The number of pyridine rings is 1. The third-order valence-corrected chi connectivity index (χ3v) is 1.74. The first-order valence-corrected chi connectivity index (χ1v) is 3.50. The van der Waals surface area contributed by atoms with Gasteiger partial charge in [0.1, 0.15) is 11.6 Å². The van der Waals surface area contributed by atoms with Crippen LogP contribution in [0.2, 0.25) is 0 Å². The average molecular weight is 244 g/mol. The van der Waals surface area contributed by atoms with Gasteiger partial charge in [-0.1, -0.05) is 0 Å². The molecular formula is C9H7BrFNO. The minimum absolute atomic E-state index is 0. The van der Waals surface area contributed by atoms with Gasteiger partial charge in [-0.2, -0.15) is 0 Å². The Hall–Kier alpha value is -1.16. The van der Waals surface area contributed by atoms with Gasteiger partial charge < -0.3 is 5.11 Å². The molecule has 0 spiro atoms. The molecule has 1 aromatic carbocycles. The molecule has 0 aliphatic heterocycles. The lowest BCUT2D eigenvalue weighted by molar-refractivity contribution is 0.480. The highest BCUT2D eigenvalue weighted by Gasteiger charge is 2.02. The maximum atomic E-state index is 13.0. The monoisotopic (exact) mass is 243 g/mol. The number of halogens is 2. The van der Waals surface area contributed by atoms with Gasteiger partial charge in [-0.3, -0.25) is 4.98 Å². The average Bonchev–Trinajstić information content (AvgIpc) is 2.12. The minimum Gasteiger partial charge on any atom is -0.507 e. The van der Waals surface area contributed by atoms with Gasteiger partial charge in [-0.05, 0) is 18.2 Å². The third kappa shape index (κ3) is 1.62. The fourth-order valence-electron chi connectivity index (χ4n) is 1.14. The fourth-order valence-corrected chi connectivity index (χ4v) is 1.14. The topological polar surface area (TPSA) is 33.1 Å². The van der Waals surface area contributed by atoms with Crippen LogP contribution in [0.15, 0.2) is 30.6 Å². The molecule has 1 N–H and O–H groups in total. The first kappa shape index (κ1) is 9.92. The minimum atomic E-state index is -0.365. The lowest BCUT2D eigenvalue weighted by atomic mass is 10.1. The number of nitrogens with zero attached hydrogens (tertiary/aromatic N) is 1. The number of phenols is 1. The molecule has 0 bridgehead atoms. The maximum Gasteiger partial charge on any atom is 0.132 e. The van der Waals surface area contributed by atoms with Crippen molar-refractivity contribution in [3.8, 4) is 5.75 Å². The number of benzene rings is 1. The van der Waals surface area contributed by atoms with Crippen LogP contribution in [0.1, 0.15) is 0 Å². The van der Waals surface area contributed by atoms with E-state index in [1.807, 2.05) is 0 Å². The van der Waals surface area contributed by atoms with Crippen LogP contribution in [0.5, 0.6) is 5.75 Å². The van der Waals surface area contributed by atoms with Gasteiger partial charge in [0.25, 0.3) is 0 Å². The zero-order valence-corrected chi connectivity index (χ0v) is 8.28. The van der Waals surface area contributed by atoms with Crippen molar-refractivity contribution in [3.05, 3.63) is 36.4 Å². The Morgan fingerprint density at radius 1 is 1.15 bits per heavy atom. The van der Waals surface area contributed by atoms with E-state index < -0.39 is 0 Å². The van der Waals surface area contributed by atoms with E-state index in [-0.39, 0.29) is 28.5 Å². The molecule has 2 rings (SSSR count). The van der Waals surface area contributed by atoms with Crippen molar-refractivity contribution in [2.24, 2.45) is 0 Å². The number of rotatable bonds is 0. The Balaban J connectivity index is 0.000000845. The maximum absolute atomic E-state index is 13.0. The highest BCUT2D eigenvalue weighted by atomic mass is 79.9. The molecule has 0 saturated carbocycles. The van der Waals surface area contributed by atoms with E-state index in [4.69, 9.17) is 0 Å². The highest BCUT2D eigenvalue weighted by molar-refractivity contribution is 8.93. The second-order valence-corrected chi connectivity index (χ2v) is 2.49. The molecule has 1 heterocycles. The van der Waals surface area contributed by atoms with E-state index in [0.717, 1.165) is 0 Å². The Morgan fingerprint density at radius 2 is 1.92 bits per heavy atom. The molecule has 2 nitrogen and oxygen atoms in total. The van der Waals surface area contributed by atoms with Gasteiger partial charge in [-0.15, -0.1) is 17.0 Å². The van der Waals surface area contributed by atoms with Crippen LogP contribution in [0.3, 0.4) is 0 Å². The molecule has 0 radical (unpaired) electrons. The van der Waals surface area contributed by atoms with E-state index in [2.05, 4.69) is 4.98 Å². The lowest BCUT2D eigenvalue weighted by Crippen LogP contribution is -1.80. The summed E-state index contributed by atoms with van der Waals surface area (Å²) in [5.41, 5.74) is 0. The molecule has 13 heavy (non-hydrogen) atoms. The molecule has 0 aliphatic rings. The molecule has 1 aromatic heterocycles. The van der Waals surface area contributed by atoms with Crippen LogP contribution in [0, 0.1) is 5.82 Å². The normalized spacial score (nSPS) is 9.62. The molecule has 4 heteroatoms. The lowest BCUT2D eigenvalue weighted by Gasteiger charge is -1.99. The van der Waals surface area contributed by atoms with Crippen molar-refractivity contribution in [2.75, 3.05) is 0 Å². The van der Waals surface area contributed by atoms with E-state index in [9.17, 15) is 9.50 Å². The first-order valence-electron chi connectivity index (χ1n) is 3.50. The molecule has 68 valence electrons. The summed E-state index contributed by atoms with van der Waals surface area (Å²) < 4.78 is 13.0. The summed E-state index contributed by atoms with van der Waals surface area (Å²) >= 11 is 0. The summed E-state index contributed by atoms with van der Waals surface area (Å²) in [6.45, 7) is 0. The van der Waals surface area contributed by atoms with Gasteiger partial charge >= 0.3 is 0 Å². The van der Waals surface area contributed by atoms with Crippen LogP contribution in [-0.4, -0.2) is 10.1 Å². The van der Waals surface area contributed by atoms with Crippen molar-refractivity contribution in [3.63, 3.8) is 0 Å². The molecular weight excluding hydrogens is 237 g/mol. The van der Waals surface area contributed by atoms with Crippen molar-refractivity contribution < 1.29 is 9.50 Å². The third-order valence-electron chi connectivity index (χ3n) is 1.74. The summed E-state index contributed by atoms with van der Waals surface area (Å²) in [6.07, 6.45) is 2.91. The van der Waals surface area contributed by atoms with E-state index in [1.165, 1.54) is 24.5 Å². The Morgan fingerprint density at radius 3 is 2.62 bits per heavy atom. The van der Waals surface area contributed by atoms with Crippen molar-refractivity contribution >= 4 is 27.8 Å². The number of aromatic nitrogens is 1. The predicted molar refractivity (Wildman–Crippen MR) is 53.7 cm³/mol. The van der Waals surface area contributed by atoms with Crippen LogP contribution in [-0.2, 0) is 0 Å². The fraction of sp³-hybridized carbons (Fsp3) is 0. The van der Waals surface area contributed by atoms with Gasteiger partial charge in [0.15, 0.2) is 0 Å². The highest BCUT2D eigenvalue weighted by Crippen LogP contribution is 2.25. The Labute approximate surface area is 84.8 Å². The molecule has 2 aromatic rings. The van der Waals surface area contributed by atoms with Crippen LogP contribution in [0.4, 0.5) is 4.39 Å². The number of aromatic hydroxyl groups is 1. The summed E-state index contributed by atoms with van der Waals surface area (Å²) in [5.74, 6) is -0.287. The van der Waals surface area contributed by atoms with Gasteiger partial charge in [0, 0.05) is 23.2 Å². The number of hydrogen-bond donors (Lipinski definition) is 1. The Bertz CT molecular complexity index is 392. The van der Waals surface area contributed by atoms with Crippen molar-refractivity contribution in [1.29, 1.82) is 0 Å². The van der Waals surface area contributed by atoms with Crippen LogP contribution in [0.25, 0.3) is 10.8 Å². The number of fused-ring (bicyclic) bond motifs is 1. The van der Waals surface area contributed by atoms with E-state index in [1.54, 1.807) is 6.07 Å². The standard InChI is InChI=1S/C9H6FNO.BrH/c10-8-1-2-9(12)6-3-4-11-5-7(6)8;/h1-5,12H;1H. The smallest absolute Gasteiger partial charge is 0.132 e. The second-order valence-electron chi connectivity index (χ2n) is 2.49. The quantitative estimate of drug-likeness (QED) is 0.772. The van der Waals surface area contributed by atoms with E-state index in [0.29, 0.717) is 10.8 Å². The molecule has 0 amide bonds. The number of phenolic OH excluding ortho intramolecular Hbond substituents is 1. The Kier molecular flexibility index (Phi) is 2.83. The van der Waals surface area contributed by atoms with Crippen LogP contribution >= 0.6 is 17.0 Å². The second kappa shape index (κ2) is 3.70. The van der Waals surface area contributed by atoms with Gasteiger partial charge in [-0.25, -0.2) is 4.39 Å². The molecule has 0 aliphatic carbocycles. The first-order chi connectivity index (χ1) is 5.79. The summed E-state index contributed by atoms with van der Waals surface area (Å²) in [4.78, 5) is 3.76. The zero-order chi connectivity index (χ0) is 8.55. The molecule has 0 unspecified atom stereocenters. The van der Waals surface area contributed by atoms with Gasteiger partial charge in [0.2, 0.25) is 0 Å².